The molecule has 1 fully saturated rings. The first-order valence-corrected chi connectivity index (χ1v) is 7.54. The molecule has 1 saturated heterocycles. The molecule has 2 atom stereocenters. The molecule has 21 heavy (non-hydrogen) atoms. The normalized spacial score (nSPS) is 23.2. The Bertz CT molecular complexity index is 652. The lowest BCUT2D eigenvalue weighted by molar-refractivity contribution is -0.386. The SMILES string of the molecule is CNc1cccc(S(=O)(=O)N2CC(O)C(O)C2)c1[N+](=O)[O-]. The van der Waals surface area contributed by atoms with Crippen LogP contribution in [0.25, 0.3) is 0 Å². The monoisotopic (exact) mass is 317 g/mol. The van der Waals surface area contributed by atoms with E-state index in [-0.39, 0.29) is 18.8 Å². The second-order valence-electron chi connectivity index (χ2n) is 4.62. The van der Waals surface area contributed by atoms with Crippen LogP contribution in [0.5, 0.6) is 0 Å². The zero-order chi connectivity index (χ0) is 15.8. The number of hydrogen-bond donors (Lipinski definition) is 3. The lowest BCUT2D eigenvalue weighted by Gasteiger charge is -2.16. The zero-order valence-electron chi connectivity index (χ0n) is 11.1. The maximum Gasteiger partial charge on any atom is 0.312 e. The van der Waals surface area contributed by atoms with Gasteiger partial charge in [-0.1, -0.05) is 6.07 Å². The molecule has 1 aliphatic rings. The standard InChI is InChI=1S/C11H15N3O6S/c1-12-7-3-2-4-10(11(7)14(17)18)21(19,20)13-5-8(15)9(16)6-13/h2-4,8-9,12,15-16H,5-6H2,1H3. The Hall–Kier alpha value is -1.75. The van der Waals surface area contributed by atoms with E-state index in [2.05, 4.69) is 5.32 Å². The van der Waals surface area contributed by atoms with Crippen molar-refractivity contribution in [2.45, 2.75) is 17.1 Å². The van der Waals surface area contributed by atoms with Crippen molar-refractivity contribution >= 4 is 21.4 Å². The molecule has 0 amide bonds. The second kappa shape index (κ2) is 5.56. The summed E-state index contributed by atoms with van der Waals surface area (Å²) in [4.78, 5) is 9.93. The van der Waals surface area contributed by atoms with Gasteiger partial charge >= 0.3 is 5.69 Å². The number of para-hydroxylation sites is 1. The molecule has 116 valence electrons. The van der Waals surface area contributed by atoms with Gasteiger partial charge in [0, 0.05) is 20.1 Å². The summed E-state index contributed by atoms with van der Waals surface area (Å²) in [6, 6.07) is 3.91. The molecule has 3 N–H and O–H groups in total. The van der Waals surface area contributed by atoms with Gasteiger partial charge in [-0.05, 0) is 12.1 Å². The fourth-order valence-corrected chi connectivity index (χ4v) is 3.85. The molecule has 1 aromatic rings. The maximum atomic E-state index is 12.5. The van der Waals surface area contributed by atoms with E-state index in [4.69, 9.17) is 0 Å². The average Bonchev–Trinajstić information content (AvgIpc) is 2.78. The number of nitro benzene ring substituents is 1. The first kappa shape index (κ1) is 15.6. The van der Waals surface area contributed by atoms with Crippen LogP contribution in [0.2, 0.25) is 0 Å². The summed E-state index contributed by atoms with van der Waals surface area (Å²) in [7, 11) is -2.73. The molecule has 0 radical (unpaired) electrons. The van der Waals surface area contributed by atoms with Crippen LogP contribution < -0.4 is 5.32 Å². The highest BCUT2D eigenvalue weighted by Gasteiger charge is 2.40. The van der Waals surface area contributed by atoms with Gasteiger partial charge in [0.05, 0.1) is 17.1 Å². The molecule has 10 heteroatoms. The van der Waals surface area contributed by atoms with Crippen molar-refractivity contribution in [3.05, 3.63) is 28.3 Å². The van der Waals surface area contributed by atoms with Crippen LogP contribution in [-0.2, 0) is 10.0 Å². The quantitative estimate of drug-likeness (QED) is 0.497. The third kappa shape index (κ3) is 2.70. The zero-order valence-corrected chi connectivity index (χ0v) is 11.9. The number of sulfonamides is 1. The van der Waals surface area contributed by atoms with E-state index in [1.807, 2.05) is 0 Å². The van der Waals surface area contributed by atoms with Crippen molar-refractivity contribution in [1.29, 1.82) is 0 Å². The Labute approximate surface area is 121 Å². The third-order valence-electron chi connectivity index (χ3n) is 3.29. The number of hydrogen-bond acceptors (Lipinski definition) is 7. The van der Waals surface area contributed by atoms with Crippen LogP contribution in [0.4, 0.5) is 11.4 Å². The highest BCUT2D eigenvalue weighted by Crippen LogP contribution is 2.34. The molecular formula is C11H15N3O6S. The van der Waals surface area contributed by atoms with Crippen molar-refractivity contribution in [2.24, 2.45) is 0 Å². The van der Waals surface area contributed by atoms with Gasteiger partial charge < -0.3 is 15.5 Å². The van der Waals surface area contributed by atoms with Crippen molar-refractivity contribution in [3.63, 3.8) is 0 Å². The minimum Gasteiger partial charge on any atom is -0.389 e. The largest absolute Gasteiger partial charge is 0.389 e. The van der Waals surface area contributed by atoms with Crippen molar-refractivity contribution in [3.8, 4) is 0 Å². The maximum absolute atomic E-state index is 12.5. The molecule has 0 aromatic heterocycles. The Kier molecular flexibility index (Phi) is 4.14. The fraction of sp³-hybridized carbons (Fsp3) is 0.455. The van der Waals surface area contributed by atoms with Crippen LogP contribution in [0.1, 0.15) is 0 Å². The van der Waals surface area contributed by atoms with Crippen LogP contribution in [-0.4, -0.2) is 60.2 Å². The number of aliphatic hydroxyl groups is 2. The van der Waals surface area contributed by atoms with Crippen LogP contribution in [0, 0.1) is 10.1 Å². The predicted molar refractivity (Wildman–Crippen MR) is 73.4 cm³/mol. The number of nitro groups is 1. The molecule has 9 nitrogen and oxygen atoms in total. The molecule has 0 bridgehead atoms. The molecule has 0 saturated carbocycles. The summed E-state index contributed by atoms with van der Waals surface area (Å²) in [5.74, 6) is 0. The van der Waals surface area contributed by atoms with E-state index in [0.717, 1.165) is 10.4 Å². The topological polar surface area (TPSA) is 133 Å². The Morgan fingerprint density at radius 3 is 2.38 bits per heavy atom. The van der Waals surface area contributed by atoms with Gasteiger partial charge in [-0.3, -0.25) is 10.1 Å². The smallest absolute Gasteiger partial charge is 0.312 e. The van der Waals surface area contributed by atoms with Gasteiger partial charge in [-0.25, -0.2) is 8.42 Å². The molecule has 2 unspecified atom stereocenters. The molecule has 1 heterocycles. The van der Waals surface area contributed by atoms with Gasteiger partial charge in [-0.2, -0.15) is 4.31 Å². The predicted octanol–water partition coefficient (Wildman–Crippen LogP) is -0.637. The van der Waals surface area contributed by atoms with Crippen molar-refractivity contribution < 1.29 is 23.6 Å². The molecule has 2 rings (SSSR count). The lowest BCUT2D eigenvalue weighted by Crippen LogP contribution is -2.30. The van der Waals surface area contributed by atoms with Crippen LogP contribution >= 0.6 is 0 Å². The van der Waals surface area contributed by atoms with Crippen LogP contribution in [0.3, 0.4) is 0 Å². The fourth-order valence-electron chi connectivity index (χ4n) is 2.19. The molecule has 0 aliphatic carbocycles. The summed E-state index contributed by atoms with van der Waals surface area (Å²) in [6.45, 7) is -0.602. The number of nitrogens with one attached hydrogen (secondary N) is 1. The Morgan fingerprint density at radius 2 is 1.90 bits per heavy atom. The third-order valence-corrected chi connectivity index (χ3v) is 5.16. The van der Waals surface area contributed by atoms with Crippen molar-refractivity contribution in [1.82, 2.24) is 4.31 Å². The van der Waals surface area contributed by atoms with Gasteiger partial charge in [0.25, 0.3) is 0 Å². The van der Waals surface area contributed by atoms with E-state index >= 15 is 0 Å². The summed E-state index contributed by atoms with van der Waals surface area (Å²) >= 11 is 0. The van der Waals surface area contributed by atoms with Gasteiger partial charge in [0.2, 0.25) is 10.0 Å². The number of rotatable bonds is 4. The van der Waals surface area contributed by atoms with E-state index in [1.165, 1.54) is 19.2 Å². The van der Waals surface area contributed by atoms with E-state index in [1.54, 1.807) is 0 Å². The van der Waals surface area contributed by atoms with Crippen LogP contribution in [0.15, 0.2) is 23.1 Å². The van der Waals surface area contributed by atoms with Gasteiger partial charge in [-0.15, -0.1) is 0 Å². The lowest BCUT2D eigenvalue weighted by atomic mass is 10.3. The summed E-state index contributed by atoms with van der Waals surface area (Å²) in [6.07, 6.45) is -2.40. The first-order chi connectivity index (χ1) is 9.78. The number of benzene rings is 1. The molecule has 1 aliphatic heterocycles. The van der Waals surface area contributed by atoms with E-state index in [0.29, 0.717) is 0 Å². The first-order valence-electron chi connectivity index (χ1n) is 6.10. The minimum atomic E-state index is -4.18. The molecule has 0 spiro atoms. The summed E-state index contributed by atoms with van der Waals surface area (Å²) < 4.78 is 25.8. The second-order valence-corrected chi connectivity index (χ2v) is 6.52. The van der Waals surface area contributed by atoms with Gasteiger partial charge in [0.15, 0.2) is 4.90 Å². The minimum absolute atomic E-state index is 0.0707. The number of anilines is 1. The van der Waals surface area contributed by atoms with Crippen molar-refractivity contribution in [2.75, 3.05) is 25.5 Å². The Morgan fingerprint density at radius 1 is 1.33 bits per heavy atom. The highest BCUT2D eigenvalue weighted by atomic mass is 32.2. The average molecular weight is 317 g/mol. The molecular weight excluding hydrogens is 302 g/mol. The highest BCUT2D eigenvalue weighted by molar-refractivity contribution is 7.89. The summed E-state index contributed by atoms with van der Waals surface area (Å²) in [5.41, 5.74) is -0.489. The Balaban J connectivity index is 2.53. The molecule has 1 aromatic carbocycles. The van der Waals surface area contributed by atoms with Gasteiger partial charge in [0.1, 0.15) is 5.69 Å². The van der Waals surface area contributed by atoms with E-state index in [9.17, 15) is 28.7 Å². The number of β-amino-alcohol motifs (C(OH)–C–C–N with tert-alkyl or cyclic N) is 2. The number of nitrogens with zero attached hydrogens (tertiary/aromatic N) is 2. The summed E-state index contributed by atoms with van der Waals surface area (Å²) in [5, 5.41) is 32.7. The van der Waals surface area contributed by atoms with E-state index < -0.39 is 37.7 Å². The number of aliphatic hydroxyl groups excluding tert-OH is 2.